The summed E-state index contributed by atoms with van der Waals surface area (Å²) in [6.07, 6.45) is 0.787. The maximum atomic E-state index is 8.81. The molecule has 1 atom stereocenters. The van der Waals surface area contributed by atoms with Crippen LogP contribution in [0.3, 0.4) is 0 Å². The first-order chi connectivity index (χ1) is 8.69. The third-order valence-corrected chi connectivity index (χ3v) is 2.83. The molecule has 5 N–H and O–H groups in total. The highest BCUT2D eigenvalue weighted by Gasteiger charge is 2.06. The van der Waals surface area contributed by atoms with E-state index in [9.17, 15) is 0 Å². The Morgan fingerprint density at radius 1 is 1.44 bits per heavy atom. The molecule has 0 aliphatic carbocycles. The van der Waals surface area contributed by atoms with E-state index in [4.69, 9.17) is 16.0 Å². The molecular formula is C13H21N3O2. The molecule has 18 heavy (non-hydrogen) atoms. The topological polar surface area (TPSA) is 90.9 Å². The molecule has 0 aliphatic heterocycles. The molecule has 0 fully saturated rings. The number of rotatable bonds is 7. The molecule has 1 aromatic carbocycles. The zero-order chi connectivity index (χ0) is 13.4. The van der Waals surface area contributed by atoms with Gasteiger partial charge in [0, 0.05) is 18.7 Å². The molecule has 0 aromatic heterocycles. The van der Waals surface area contributed by atoms with E-state index in [1.54, 1.807) is 0 Å². The fourth-order valence-electron chi connectivity index (χ4n) is 1.75. The Morgan fingerprint density at radius 2 is 2.17 bits per heavy atom. The fourth-order valence-corrected chi connectivity index (χ4v) is 1.75. The number of nitrogens with zero attached hydrogens (tertiary/aromatic N) is 1. The van der Waals surface area contributed by atoms with Crippen LogP contribution in [0.15, 0.2) is 29.4 Å². The van der Waals surface area contributed by atoms with Crippen molar-refractivity contribution in [2.75, 3.05) is 13.2 Å². The van der Waals surface area contributed by atoms with Gasteiger partial charge in [0.2, 0.25) is 0 Å². The minimum atomic E-state index is 0.121. The maximum absolute atomic E-state index is 8.81. The first-order valence-corrected chi connectivity index (χ1v) is 6.06. The van der Waals surface area contributed by atoms with Crippen LogP contribution in [0.25, 0.3) is 0 Å². The minimum Gasteiger partial charge on any atom is -0.409 e. The number of aliphatic hydroxyl groups excluding tert-OH is 1. The summed E-state index contributed by atoms with van der Waals surface area (Å²) in [7, 11) is 0. The monoisotopic (exact) mass is 251 g/mol. The predicted octanol–water partition coefficient (Wildman–Crippen LogP) is 0.889. The summed E-state index contributed by atoms with van der Waals surface area (Å²) in [5, 5.41) is 23.9. The molecule has 0 heterocycles. The minimum absolute atomic E-state index is 0.121. The number of aliphatic hydroxyl groups is 1. The Kier molecular flexibility index (Phi) is 6.18. The normalized spacial score (nSPS) is 13.6. The summed E-state index contributed by atoms with van der Waals surface area (Å²) < 4.78 is 0. The molecule has 5 nitrogen and oxygen atoms in total. The Labute approximate surface area is 107 Å². The van der Waals surface area contributed by atoms with Gasteiger partial charge in [0.15, 0.2) is 5.84 Å². The molecule has 1 unspecified atom stereocenters. The van der Waals surface area contributed by atoms with Crippen LogP contribution in [0, 0.1) is 5.92 Å². The largest absolute Gasteiger partial charge is 0.409 e. The first-order valence-electron chi connectivity index (χ1n) is 6.06. The number of nitrogens with two attached hydrogens (primary N) is 1. The summed E-state index contributed by atoms with van der Waals surface area (Å²) in [6, 6.07) is 7.54. The van der Waals surface area contributed by atoms with E-state index in [-0.39, 0.29) is 12.4 Å². The lowest BCUT2D eigenvalue weighted by atomic mass is 10.1. The second-order valence-electron chi connectivity index (χ2n) is 4.39. The summed E-state index contributed by atoms with van der Waals surface area (Å²) in [4.78, 5) is 0. The average molecular weight is 251 g/mol. The number of benzene rings is 1. The molecule has 1 rings (SSSR count). The quantitative estimate of drug-likeness (QED) is 0.251. The Hall–Kier alpha value is -1.59. The van der Waals surface area contributed by atoms with Gasteiger partial charge in [-0.1, -0.05) is 36.3 Å². The molecule has 0 saturated carbocycles. The van der Waals surface area contributed by atoms with Gasteiger partial charge in [0.25, 0.3) is 0 Å². The number of amidine groups is 1. The first kappa shape index (κ1) is 14.5. The van der Waals surface area contributed by atoms with E-state index < -0.39 is 0 Å². The van der Waals surface area contributed by atoms with Crippen LogP contribution >= 0.6 is 0 Å². The number of oxime groups is 1. The van der Waals surface area contributed by atoms with Crippen molar-refractivity contribution in [2.45, 2.75) is 19.9 Å². The van der Waals surface area contributed by atoms with Crippen molar-refractivity contribution >= 4 is 5.84 Å². The summed E-state index contributed by atoms with van der Waals surface area (Å²) in [5.41, 5.74) is 7.34. The number of nitrogens with one attached hydrogen (secondary N) is 1. The SMILES string of the molecule is CC(CCO)CNCc1ccccc1C(N)=NO. The van der Waals surface area contributed by atoms with E-state index in [2.05, 4.69) is 17.4 Å². The van der Waals surface area contributed by atoms with Gasteiger partial charge < -0.3 is 21.4 Å². The van der Waals surface area contributed by atoms with Crippen molar-refractivity contribution in [3.63, 3.8) is 0 Å². The molecule has 0 spiro atoms. The van der Waals surface area contributed by atoms with E-state index in [1.807, 2.05) is 24.3 Å². The number of hydrogen-bond donors (Lipinski definition) is 4. The lowest BCUT2D eigenvalue weighted by Crippen LogP contribution is -2.24. The Balaban J connectivity index is 2.57. The summed E-state index contributed by atoms with van der Waals surface area (Å²) in [6.45, 7) is 3.77. The molecular weight excluding hydrogens is 230 g/mol. The lowest BCUT2D eigenvalue weighted by Gasteiger charge is -2.13. The third kappa shape index (κ3) is 4.35. The molecule has 1 aromatic rings. The van der Waals surface area contributed by atoms with Crippen molar-refractivity contribution in [3.05, 3.63) is 35.4 Å². The molecule has 0 radical (unpaired) electrons. The van der Waals surface area contributed by atoms with Gasteiger partial charge in [-0.3, -0.25) is 0 Å². The van der Waals surface area contributed by atoms with Crippen LogP contribution in [0.4, 0.5) is 0 Å². The molecule has 0 aliphatic rings. The highest BCUT2D eigenvalue weighted by atomic mass is 16.4. The van der Waals surface area contributed by atoms with Crippen molar-refractivity contribution in [1.82, 2.24) is 5.32 Å². The zero-order valence-electron chi connectivity index (χ0n) is 10.6. The van der Waals surface area contributed by atoms with Crippen molar-refractivity contribution in [2.24, 2.45) is 16.8 Å². The van der Waals surface area contributed by atoms with Gasteiger partial charge in [0.1, 0.15) is 0 Å². The molecule has 0 saturated heterocycles. The van der Waals surface area contributed by atoms with Crippen LogP contribution in [-0.2, 0) is 6.54 Å². The molecule has 0 bridgehead atoms. The van der Waals surface area contributed by atoms with Crippen LogP contribution in [0.2, 0.25) is 0 Å². The second kappa shape index (κ2) is 7.68. The predicted molar refractivity (Wildman–Crippen MR) is 71.5 cm³/mol. The Morgan fingerprint density at radius 3 is 2.83 bits per heavy atom. The van der Waals surface area contributed by atoms with E-state index in [0.29, 0.717) is 12.5 Å². The lowest BCUT2D eigenvalue weighted by molar-refractivity contribution is 0.260. The zero-order valence-corrected chi connectivity index (χ0v) is 10.6. The molecule has 5 heteroatoms. The van der Waals surface area contributed by atoms with E-state index >= 15 is 0 Å². The Bertz CT molecular complexity index is 394. The van der Waals surface area contributed by atoms with Crippen LogP contribution < -0.4 is 11.1 Å². The van der Waals surface area contributed by atoms with Gasteiger partial charge in [-0.05, 0) is 24.4 Å². The van der Waals surface area contributed by atoms with E-state index in [1.165, 1.54) is 0 Å². The van der Waals surface area contributed by atoms with Gasteiger partial charge in [-0.2, -0.15) is 0 Å². The molecule has 0 amide bonds. The van der Waals surface area contributed by atoms with Crippen LogP contribution in [0.5, 0.6) is 0 Å². The smallest absolute Gasteiger partial charge is 0.170 e. The van der Waals surface area contributed by atoms with E-state index in [0.717, 1.165) is 24.1 Å². The molecule has 100 valence electrons. The second-order valence-corrected chi connectivity index (χ2v) is 4.39. The summed E-state index contributed by atoms with van der Waals surface area (Å²) >= 11 is 0. The maximum Gasteiger partial charge on any atom is 0.170 e. The standard InChI is InChI=1S/C13H21N3O2/c1-10(6-7-17)8-15-9-11-4-2-3-5-12(11)13(14)16-18/h2-5,10,15,17-18H,6-9H2,1H3,(H2,14,16). The van der Waals surface area contributed by atoms with Crippen molar-refractivity contribution < 1.29 is 10.3 Å². The van der Waals surface area contributed by atoms with Gasteiger partial charge in [0.05, 0.1) is 0 Å². The number of hydrogen-bond acceptors (Lipinski definition) is 4. The average Bonchev–Trinajstić information content (AvgIpc) is 2.39. The summed E-state index contributed by atoms with van der Waals surface area (Å²) in [5.74, 6) is 0.543. The van der Waals surface area contributed by atoms with Crippen molar-refractivity contribution in [1.29, 1.82) is 0 Å². The third-order valence-electron chi connectivity index (χ3n) is 2.83. The van der Waals surface area contributed by atoms with Crippen molar-refractivity contribution in [3.8, 4) is 0 Å². The highest BCUT2D eigenvalue weighted by molar-refractivity contribution is 5.98. The fraction of sp³-hybridized carbons (Fsp3) is 0.462. The van der Waals surface area contributed by atoms with Gasteiger partial charge in [-0.15, -0.1) is 0 Å². The van der Waals surface area contributed by atoms with Crippen LogP contribution in [0.1, 0.15) is 24.5 Å². The van der Waals surface area contributed by atoms with Gasteiger partial charge in [-0.25, -0.2) is 0 Å². The van der Waals surface area contributed by atoms with Gasteiger partial charge >= 0.3 is 0 Å². The van der Waals surface area contributed by atoms with Crippen LogP contribution in [-0.4, -0.2) is 29.3 Å². The highest BCUT2D eigenvalue weighted by Crippen LogP contribution is 2.08.